The molecule has 1 nitrogen and oxygen atoms in total. The fourth-order valence-electron chi connectivity index (χ4n) is 2.84. The van der Waals surface area contributed by atoms with Crippen LogP contribution in [0.1, 0.15) is 37.2 Å². The average Bonchev–Trinajstić information content (AvgIpc) is 2.75. The smallest absolute Gasteiger partial charge is 0.00760 e. The Hall–Kier alpha value is -0.340. The molecule has 0 aromatic carbocycles. The number of hydrogen-bond acceptors (Lipinski definition) is 2. The second kappa shape index (κ2) is 3.10. The molecule has 2 heteroatoms. The third-order valence-corrected chi connectivity index (χ3v) is 4.19. The van der Waals surface area contributed by atoms with Crippen molar-refractivity contribution in [1.29, 1.82) is 0 Å². The van der Waals surface area contributed by atoms with Gasteiger partial charge in [0.25, 0.3) is 0 Å². The van der Waals surface area contributed by atoms with Crippen molar-refractivity contribution in [1.82, 2.24) is 5.32 Å². The van der Waals surface area contributed by atoms with E-state index in [1.165, 1.54) is 25.7 Å². The van der Waals surface area contributed by atoms with Gasteiger partial charge in [-0.1, -0.05) is 0 Å². The Labute approximate surface area is 83.2 Å². The average molecular weight is 193 g/mol. The van der Waals surface area contributed by atoms with Crippen LogP contribution in [-0.4, -0.2) is 12.1 Å². The third kappa shape index (κ3) is 1.42. The van der Waals surface area contributed by atoms with Gasteiger partial charge in [0.1, 0.15) is 0 Å². The Bertz CT molecular complexity index is 268. The van der Waals surface area contributed by atoms with Crippen LogP contribution < -0.4 is 5.32 Å². The van der Waals surface area contributed by atoms with E-state index in [9.17, 15) is 0 Å². The summed E-state index contributed by atoms with van der Waals surface area (Å²) in [6.45, 7) is 0. The lowest BCUT2D eigenvalue weighted by atomic mass is 9.88. The van der Waals surface area contributed by atoms with Gasteiger partial charge in [0.15, 0.2) is 0 Å². The molecule has 1 aromatic heterocycles. The molecule has 1 aromatic rings. The van der Waals surface area contributed by atoms with Crippen molar-refractivity contribution in [3.63, 3.8) is 0 Å². The molecule has 2 aliphatic heterocycles. The van der Waals surface area contributed by atoms with Crippen LogP contribution in [0.3, 0.4) is 0 Å². The summed E-state index contributed by atoms with van der Waals surface area (Å²) in [6, 6.07) is 3.95. The van der Waals surface area contributed by atoms with Crippen LogP contribution in [0.2, 0.25) is 0 Å². The normalized spacial score (nSPS) is 38.0. The van der Waals surface area contributed by atoms with Crippen LogP contribution in [0.5, 0.6) is 0 Å². The SMILES string of the molecule is c1cc(C2C[C@H]3CC[C@@H](C2)N3)cs1. The molecule has 1 unspecified atom stereocenters. The lowest BCUT2D eigenvalue weighted by molar-refractivity contribution is 0.364. The van der Waals surface area contributed by atoms with Gasteiger partial charge in [-0.25, -0.2) is 0 Å². The summed E-state index contributed by atoms with van der Waals surface area (Å²) in [6.07, 6.45) is 5.55. The van der Waals surface area contributed by atoms with Crippen molar-refractivity contribution in [3.05, 3.63) is 22.4 Å². The molecule has 0 radical (unpaired) electrons. The molecule has 2 aliphatic rings. The van der Waals surface area contributed by atoms with Crippen LogP contribution in [0.15, 0.2) is 16.8 Å². The van der Waals surface area contributed by atoms with Gasteiger partial charge in [0, 0.05) is 12.1 Å². The Morgan fingerprint density at radius 3 is 2.62 bits per heavy atom. The first kappa shape index (κ1) is 8.01. The highest BCUT2D eigenvalue weighted by molar-refractivity contribution is 7.07. The summed E-state index contributed by atoms with van der Waals surface area (Å²) in [5, 5.41) is 8.22. The predicted octanol–water partition coefficient (Wildman–Crippen LogP) is 2.75. The zero-order valence-electron chi connectivity index (χ0n) is 7.70. The van der Waals surface area contributed by atoms with Gasteiger partial charge in [-0.15, -0.1) is 0 Å². The van der Waals surface area contributed by atoms with Crippen LogP contribution in [0.25, 0.3) is 0 Å². The minimum absolute atomic E-state index is 0.823. The summed E-state index contributed by atoms with van der Waals surface area (Å²) in [5.41, 5.74) is 1.59. The summed E-state index contributed by atoms with van der Waals surface area (Å²) < 4.78 is 0. The number of hydrogen-bond donors (Lipinski definition) is 1. The maximum atomic E-state index is 3.69. The maximum absolute atomic E-state index is 3.69. The number of piperidine rings is 1. The zero-order valence-corrected chi connectivity index (χ0v) is 8.52. The van der Waals surface area contributed by atoms with E-state index in [1.54, 1.807) is 5.56 Å². The van der Waals surface area contributed by atoms with Crippen LogP contribution >= 0.6 is 11.3 Å². The summed E-state index contributed by atoms with van der Waals surface area (Å²) >= 11 is 1.84. The van der Waals surface area contributed by atoms with Gasteiger partial charge in [-0.05, 0) is 54.0 Å². The molecule has 2 saturated heterocycles. The van der Waals surface area contributed by atoms with Crippen molar-refractivity contribution in [2.24, 2.45) is 0 Å². The lowest BCUT2D eigenvalue weighted by Crippen LogP contribution is -2.37. The first-order valence-electron chi connectivity index (χ1n) is 5.20. The molecule has 70 valence electrons. The highest BCUT2D eigenvalue weighted by Gasteiger charge is 2.33. The van der Waals surface area contributed by atoms with E-state index in [0.717, 1.165) is 18.0 Å². The fraction of sp³-hybridized carbons (Fsp3) is 0.636. The molecule has 1 N–H and O–H groups in total. The van der Waals surface area contributed by atoms with E-state index in [0.29, 0.717) is 0 Å². The van der Waals surface area contributed by atoms with Crippen molar-refractivity contribution in [3.8, 4) is 0 Å². The molecular formula is C11H15NS. The van der Waals surface area contributed by atoms with E-state index in [4.69, 9.17) is 0 Å². The molecule has 0 spiro atoms. The van der Waals surface area contributed by atoms with Crippen LogP contribution in [0, 0.1) is 0 Å². The van der Waals surface area contributed by atoms with Gasteiger partial charge in [-0.2, -0.15) is 11.3 Å². The van der Waals surface area contributed by atoms with Crippen LogP contribution in [0.4, 0.5) is 0 Å². The van der Waals surface area contributed by atoms with Gasteiger partial charge >= 0.3 is 0 Å². The second-order valence-corrected chi connectivity index (χ2v) is 5.14. The molecule has 2 bridgehead atoms. The number of nitrogens with one attached hydrogen (secondary N) is 1. The second-order valence-electron chi connectivity index (χ2n) is 4.36. The monoisotopic (exact) mass is 193 g/mol. The van der Waals surface area contributed by atoms with E-state index in [-0.39, 0.29) is 0 Å². The number of rotatable bonds is 1. The molecule has 0 saturated carbocycles. The predicted molar refractivity (Wildman–Crippen MR) is 56.2 cm³/mol. The summed E-state index contributed by atoms with van der Waals surface area (Å²) in [5.74, 6) is 0.852. The molecule has 2 fully saturated rings. The standard InChI is InChI=1S/C11H15NS/c1-2-11-6-9(5-10(1)12-11)8-3-4-13-7-8/h3-4,7,9-12H,1-2,5-6H2/t9?,10-,11+. The number of fused-ring (bicyclic) bond motifs is 2. The largest absolute Gasteiger partial charge is 0.311 e. The highest BCUT2D eigenvalue weighted by atomic mass is 32.1. The molecule has 13 heavy (non-hydrogen) atoms. The molecule has 0 aliphatic carbocycles. The van der Waals surface area contributed by atoms with E-state index in [1.807, 2.05) is 11.3 Å². The van der Waals surface area contributed by atoms with E-state index >= 15 is 0 Å². The quantitative estimate of drug-likeness (QED) is 0.723. The number of thiophene rings is 1. The Morgan fingerprint density at radius 2 is 2.00 bits per heavy atom. The van der Waals surface area contributed by atoms with Crippen molar-refractivity contribution in [2.45, 2.75) is 43.7 Å². The van der Waals surface area contributed by atoms with Gasteiger partial charge in [-0.3, -0.25) is 0 Å². The first-order chi connectivity index (χ1) is 6.42. The maximum Gasteiger partial charge on any atom is 0.00760 e. The molecule has 3 rings (SSSR count). The van der Waals surface area contributed by atoms with E-state index in [2.05, 4.69) is 22.1 Å². The van der Waals surface area contributed by atoms with Crippen molar-refractivity contribution >= 4 is 11.3 Å². The zero-order chi connectivity index (χ0) is 8.67. The molecular weight excluding hydrogens is 178 g/mol. The van der Waals surface area contributed by atoms with Gasteiger partial charge in [0.2, 0.25) is 0 Å². The Kier molecular flexibility index (Phi) is 1.91. The molecule has 0 amide bonds. The third-order valence-electron chi connectivity index (χ3n) is 3.49. The minimum atomic E-state index is 0.823. The van der Waals surface area contributed by atoms with Gasteiger partial charge < -0.3 is 5.32 Å². The first-order valence-corrected chi connectivity index (χ1v) is 6.14. The summed E-state index contributed by atoms with van der Waals surface area (Å²) in [4.78, 5) is 0. The van der Waals surface area contributed by atoms with Crippen LogP contribution in [-0.2, 0) is 0 Å². The Morgan fingerprint density at radius 1 is 1.23 bits per heavy atom. The van der Waals surface area contributed by atoms with Crippen molar-refractivity contribution in [2.75, 3.05) is 0 Å². The lowest BCUT2D eigenvalue weighted by Gasteiger charge is -2.28. The summed E-state index contributed by atoms with van der Waals surface area (Å²) in [7, 11) is 0. The topological polar surface area (TPSA) is 12.0 Å². The Balaban J connectivity index is 1.80. The van der Waals surface area contributed by atoms with Crippen molar-refractivity contribution < 1.29 is 0 Å². The molecule has 3 atom stereocenters. The molecule has 3 heterocycles. The fourth-order valence-corrected chi connectivity index (χ4v) is 3.58. The van der Waals surface area contributed by atoms with E-state index < -0.39 is 0 Å². The highest BCUT2D eigenvalue weighted by Crippen LogP contribution is 2.37. The van der Waals surface area contributed by atoms with Gasteiger partial charge in [0.05, 0.1) is 0 Å². The minimum Gasteiger partial charge on any atom is -0.311 e.